The van der Waals surface area contributed by atoms with E-state index in [0.29, 0.717) is 17.7 Å². The van der Waals surface area contributed by atoms with E-state index in [2.05, 4.69) is 33.1 Å². The molecule has 0 bridgehead atoms. The number of pyridine rings is 1. The molecule has 0 saturated heterocycles. The van der Waals surface area contributed by atoms with Crippen molar-refractivity contribution in [1.82, 2.24) is 4.98 Å². The maximum absolute atomic E-state index is 13.5. The average molecular weight is 398 g/mol. The third-order valence-electron chi connectivity index (χ3n) is 5.19. The van der Waals surface area contributed by atoms with Crippen molar-refractivity contribution in [2.45, 2.75) is 13.5 Å². The van der Waals surface area contributed by atoms with Crippen LogP contribution in [0.4, 0.5) is 17.2 Å². The summed E-state index contributed by atoms with van der Waals surface area (Å²) in [6, 6.07) is 19.9. The number of aryl methyl sites for hydroxylation is 1. The lowest BCUT2D eigenvalue weighted by Crippen LogP contribution is -2.08. The summed E-state index contributed by atoms with van der Waals surface area (Å²) >= 11 is 1.70. The molecular formula is C24H19N3OS. The second kappa shape index (κ2) is 7.18. The molecule has 1 aliphatic rings. The Morgan fingerprint density at radius 3 is 2.79 bits per heavy atom. The smallest absolute Gasteiger partial charge is 0.195 e. The maximum atomic E-state index is 13.5. The van der Waals surface area contributed by atoms with Gasteiger partial charge in [-0.15, -0.1) is 11.3 Å². The zero-order valence-corrected chi connectivity index (χ0v) is 16.7. The number of rotatable bonds is 3. The summed E-state index contributed by atoms with van der Waals surface area (Å²) in [7, 11) is 0. The number of hydrogen-bond acceptors (Lipinski definition) is 5. The molecular weight excluding hydrogens is 378 g/mol. The van der Waals surface area contributed by atoms with E-state index in [1.807, 2.05) is 55.5 Å². The van der Waals surface area contributed by atoms with Gasteiger partial charge in [-0.05, 0) is 53.8 Å². The first-order chi connectivity index (χ1) is 14.2. The number of benzene rings is 2. The van der Waals surface area contributed by atoms with Crippen molar-refractivity contribution in [2.75, 3.05) is 10.6 Å². The number of aromatic nitrogens is 1. The number of hydrogen-bond donors (Lipinski definition) is 2. The number of thiophene rings is 1. The molecule has 0 aliphatic carbocycles. The van der Waals surface area contributed by atoms with Gasteiger partial charge in [-0.2, -0.15) is 0 Å². The second-order valence-corrected chi connectivity index (χ2v) is 8.00. The number of nitrogens with one attached hydrogen (secondary N) is 2. The fourth-order valence-corrected chi connectivity index (χ4v) is 4.41. The topological polar surface area (TPSA) is 54.0 Å². The number of ketones is 1. The molecule has 5 rings (SSSR count). The van der Waals surface area contributed by atoms with E-state index in [1.165, 1.54) is 4.88 Å². The minimum atomic E-state index is 0.00533. The molecule has 4 nitrogen and oxygen atoms in total. The molecule has 0 atom stereocenters. The van der Waals surface area contributed by atoms with Gasteiger partial charge in [0, 0.05) is 34.3 Å². The molecule has 2 aromatic carbocycles. The third kappa shape index (κ3) is 3.19. The van der Waals surface area contributed by atoms with Crippen LogP contribution in [0.5, 0.6) is 0 Å². The minimum absolute atomic E-state index is 0.00533. The van der Waals surface area contributed by atoms with Crippen LogP contribution >= 0.6 is 11.3 Å². The molecule has 0 amide bonds. The summed E-state index contributed by atoms with van der Waals surface area (Å²) in [5.41, 5.74) is 6.21. The van der Waals surface area contributed by atoms with E-state index in [9.17, 15) is 4.79 Å². The summed E-state index contributed by atoms with van der Waals surface area (Å²) in [5.74, 6) is 0.787. The Morgan fingerprint density at radius 1 is 1.03 bits per heavy atom. The molecule has 2 N–H and O–H groups in total. The summed E-state index contributed by atoms with van der Waals surface area (Å²) in [5, 5.41) is 8.86. The van der Waals surface area contributed by atoms with Gasteiger partial charge in [0.2, 0.25) is 0 Å². The second-order valence-electron chi connectivity index (χ2n) is 7.05. The Labute approximate surface area is 173 Å². The largest absolute Gasteiger partial charge is 0.379 e. The molecule has 5 heteroatoms. The number of carbonyl (C=O) groups is 1. The molecule has 0 saturated carbocycles. The van der Waals surface area contributed by atoms with Gasteiger partial charge in [0.15, 0.2) is 5.78 Å². The van der Waals surface area contributed by atoms with Crippen molar-refractivity contribution in [1.29, 1.82) is 0 Å². The first-order valence-corrected chi connectivity index (χ1v) is 10.4. The fourth-order valence-electron chi connectivity index (χ4n) is 3.69. The fraction of sp³-hybridized carbons (Fsp3) is 0.0833. The molecule has 4 aromatic rings. The van der Waals surface area contributed by atoms with Gasteiger partial charge in [-0.1, -0.05) is 30.3 Å². The number of para-hydroxylation sites is 1. The van der Waals surface area contributed by atoms with Crippen LogP contribution in [-0.2, 0) is 6.54 Å². The molecule has 1 aliphatic heterocycles. The Balaban J connectivity index is 1.55. The van der Waals surface area contributed by atoms with Crippen molar-refractivity contribution in [3.63, 3.8) is 0 Å². The van der Waals surface area contributed by atoms with E-state index in [-0.39, 0.29) is 5.78 Å². The highest BCUT2D eigenvalue weighted by molar-refractivity contribution is 7.13. The molecule has 142 valence electrons. The lowest BCUT2D eigenvalue weighted by molar-refractivity contribution is 0.103. The number of fused-ring (bicyclic) bond motifs is 2. The predicted molar refractivity (Wildman–Crippen MR) is 119 cm³/mol. The average Bonchev–Trinajstić information content (AvgIpc) is 3.21. The SMILES string of the molecule is Cc1cc(-c2cccs2)ccc1C(=O)c1cccc2c1Nc1ncccc1CN2. The standard InChI is InChI=1S/C24H19N3OS/c1-15-13-16(21-8-4-12-29-21)9-10-18(15)23(28)19-6-2-7-20-22(19)27-24-17(14-26-20)5-3-11-25-24/h2-13,26H,14H2,1H3,(H,25,27). The number of carbonyl (C=O) groups excluding carboxylic acids is 1. The van der Waals surface area contributed by atoms with E-state index in [1.54, 1.807) is 17.5 Å². The first-order valence-electron chi connectivity index (χ1n) is 9.48. The molecule has 0 fully saturated rings. The Bertz CT molecular complexity index is 1210. The van der Waals surface area contributed by atoms with Crippen molar-refractivity contribution in [3.05, 3.63) is 94.5 Å². The summed E-state index contributed by atoms with van der Waals surface area (Å²) in [6.45, 7) is 2.66. The molecule has 0 unspecified atom stereocenters. The van der Waals surface area contributed by atoms with E-state index in [0.717, 1.165) is 33.9 Å². The van der Waals surface area contributed by atoms with Gasteiger partial charge < -0.3 is 10.6 Å². The van der Waals surface area contributed by atoms with Crippen LogP contribution in [0.2, 0.25) is 0 Å². The Morgan fingerprint density at radius 2 is 1.97 bits per heavy atom. The van der Waals surface area contributed by atoms with Crippen molar-refractivity contribution in [2.24, 2.45) is 0 Å². The van der Waals surface area contributed by atoms with Crippen molar-refractivity contribution in [3.8, 4) is 10.4 Å². The van der Waals surface area contributed by atoms with Gasteiger partial charge in [0.05, 0.1) is 11.4 Å². The van der Waals surface area contributed by atoms with Crippen molar-refractivity contribution >= 4 is 34.3 Å². The first kappa shape index (κ1) is 17.6. The third-order valence-corrected chi connectivity index (χ3v) is 6.11. The van der Waals surface area contributed by atoms with Crippen LogP contribution in [0.3, 0.4) is 0 Å². The van der Waals surface area contributed by atoms with Crippen LogP contribution in [0.25, 0.3) is 10.4 Å². The highest BCUT2D eigenvalue weighted by Gasteiger charge is 2.21. The van der Waals surface area contributed by atoms with Crippen LogP contribution in [0, 0.1) is 6.92 Å². The minimum Gasteiger partial charge on any atom is -0.379 e. The maximum Gasteiger partial charge on any atom is 0.195 e. The lowest BCUT2D eigenvalue weighted by Gasteiger charge is -2.15. The number of nitrogens with zero attached hydrogens (tertiary/aromatic N) is 1. The molecule has 3 heterocycles. The van der Waals surface area contributed by atoms with Gasteiger partial charge in [0.1, 0.15) is 5.82 Å². The molecule has 29 heavy (non-hydrogen) atoms. The van der Waals surface area contributed by atoms with Gasteiger partial charge >= 0.3 is 0 Å². The quantitative estimate of drug-likeness (QED) is 0.415. The van der Waals surface area contributed by atoms with Crippen LogP contribution in [0.1, 0.15) is 27.0 Å². The summed E-state index contributed by atoms with van der Waals surface area (Å²) < 4.78 is 0. The van der Waals surface area contributed by atoms with Gasteiger partial charge in [0.25, 0.3) is 0 Å². The van der Waals surface area contributed by atoms with Gasteiger partial charge in [-0.3, -0.25) is 4.79 Å². The normalized spacial score (nSPS) is 12.2. The van der Waals surface area contributed by atoms with Crippen LogP contribution in [0.15, 0.2) is 72.2 Å². The number of anilines is 3. The lowest BCUT2D eigenvalue weighted by atomic mass is 9.95. The highest BCUT2D eigenvalue weighted by atomic mass is 32.1. The highest BCUT2D eigenvalue weighted by Crippen LogP contribution is 2.35. The Kier molecular flexibility index (Phi) is 4.37. The van der Waals surface area contributed by atoms with Crippen LogP contribution < -0.4 is 10.6 Å². The van der Waals surface area contributed by atoms with Crippen molar-refractivity contribution < 1.29 is 4.79 Å². The Hall–Kier alpha value is -3.44. The van der Waals surface area contributed by atoms with Crippen LogP contribution in [-0.4, -0.2) is 10.8 Å². The summed E-state index contributed by atoms with van der Waals surface area (Å²) in [6.07, 6.45) is 1.76. The molecule has 0 radical (unpaired) electrons. The van der Waals surface area contributed by atoms with Gasteiger partial charge in [-0.25, -0.2) is 4.98 Å². The van der Waals surface area contributed by atoms with E-state index < -0.39 is 0 Å². The van der Waals surface area contributed by atoms with E-state index >= 15 is 0 Å². The monoisotopic (exact) mass is 397 g/mol. The molecule has 2 aromatic heterocycles. The molecule has 0 spiro atoms. The summed E-state index contributed by atoms with van der Waals surface area (Å²) in [4.78, 5) is 19.1. The zero-order chi connectivity index (χ0) is 19.8. The predicted octanol–water partition coefficient (Wildman–Crippen LogP) is 6.02. The zero-order valence-electron chi connectivity index (χ0n) is 15.9. The van der Waals surface area contributed by atoms with E-state index in [4.69, 9.17) is 0 Å².